The Morgan fingerprint density at radius 3 is 2.50 bits per heavy atom. The Balaban J connectivity index is 1.65. The van der Waals surface area contributed by atoms with Crippen LogP contribution in [0.5, 0.6) is 0 Å². The molecule has 0 aliphatic heterocycles. The maximum Gasteiger partial charge on any atom is 0.288 e. The fourth-order valence-corrected chi connectivity index (χ4v) is 2.53. The van der Waals surface area contributed by atoms with E-state index in [2.05, 4.69) is 15.3 Å². The van der Waals surface area contributed by atoms with Crippen molar-refractivity contribution in [2.24, 2.45) is 0 Å². The molecule has 0 radical (unpaired) electrons. The third kappa shape index (κ3) is 4.35. The lowest BCUT2D eigenvalue weighted by molar-refractivity contribution is -0.118. The molecule has 3 N–H and O–H groups in total. The number of nitrogen functional groups attached to an aromatic ring is 1. The number of carbonyl (C=O) groups excluding carboxylic acids is 2. The minimum Gasteiger partial charge on any atom is -0.431 e. The van der Waals surface area contributed by atoms with Gasteiger partial charge in [-0.25, -0.2) is 9.97 Å². The molecule has 3 rings (SSSR count). The third-order valence-corrected chi connectivity index (χ3v) is 4.21. The highest BCUT2D eigenvalue weighted by molar-refractivity contribution is 5.93. The summed E-state index contributed by atoms with van der Waals surface area (Å²) in [6, 6.07) is 10.7. The zero-order chi connectivity index (χ0) is 20.1. The first-order valence-corrected chi connectivity index (χ1v) is 8.79. The molecule has 2 amide bonds. The summed E-state index contributed by atoms with van der Waals surface area (Å²) in [4.78, 5) is 33.7. The number of hydrogen-bond acceptors (Lipinski definition) is 6. The van der Waals surface area contributed by atoms with Gasteiger partial charge in [-0.05, 0) is 35.9 Å². The van der Waals surface area contributed by atoms with Crippen molar-refractivity contribution in [1.29, 1.82) is 0 Å². The molecule has 3 aromatic rings. The Morgan fingerprint density at radius 1 is 1.11 bits per heavy atom. The second-order valence-electron chi connectivity index (χ2n) is 6.16. The Morgan fingerprint density at radius 2 is 1.86 bits per heavy atom. The number of hydrogen-bond donors (Lipinski definition) is 2. The van der Waals surface area contributed by atoms with Crippen molar-refractivity contribution < 1.29 is 14.0 Å². The monoisotopic (exact) mass is 379 g/mol. The van der Waals surface area contributed by atoms with E-state index < -0.39 is 0 Å². The second-order valence-corrected chi connectivity index (χ2v) is 6.16. The highest BCUT2D eigenvalue weighted by Gasteiger charge is 2.14. The van der Waals surface area contributed by atoms with Crippen molar-refractivity contribution in [3.05, 3.63) is 60.1 Å². The Bertz CT molecular complexity index is 964. The summed E-state index contributed by atoms with van der Waals surface area (Å²) in [5.74, 6) is 0.516. The minimum absolute atomic E-state index is 0.0270. The average Bonchev–Trinajstić information content (AvgIpc) is 3.22. The van der Waals surface area contributed by atoms with Crippen LogP contribution in [0.15, 0.2) is 53.2 Å². The summed E-state index contributed by atoms with van der Waals surface area (Å²) in [6.45, 7) is 2.12. The molecular weight excluding hydrogens is 358 g/mol. The molecule has 0 aliphatic carbocycles. The molecule has 0 atom stereocenters. The van der Waals surface area contributed by atoms with E-state index in [0.717, 1.165) is 11.3 Å². The number of amides is 2. The van der Waals surface area contributed by atoms with Gasteiger partial charge in [0.2, 0.25) is 17.6 Å². The van der Waals surface area contributed by atoms with Gasteiger partial charge in [-0.15, -0.1) is 0 Å². The highest BCUT2D eigenvalue weighted by Crippen LogP contribution is 2.23. The molecule has 0 saturated heterocycles. The summed E-state index contributed by atoms with van der Waals surface area (Å²) in [5.41, 5.74) is 7.85. The number of nitrogens with one attached hydrogen (secondary N) is 1. The molecule has 0 bridgehead atoms. The van der Waals surface area contributed by atoms with Crippen LogP contribution in [0.3, 0.4) is 0 Å². The molecule has 2 aromatic heterocycles. The molecule has 0 unspecified atom stereocenters. The molecule has 0 aliphatic rings. The van der Waals surface area contributed by atoms with Gasteiger partial charge in [0.15, 0.2) is 0 Å². The smallest absolute Gasteiger partial charge is 0.288 e. The zero-order valence-corrected chi connectivity index (χ0v) is 15.7. The molecule has 0 fully saturated rings. The summed E-state index contributed by atoms with van der Waals surface area (Å²) in [7, 11) is 1.73. The van der Waals surface area contributed by atoms with Crippen molar-refractivity contribution in [3.63, 3.8) is 0 Å². The van der Waals surface area contributed by atoms with Crippen LogP contribution >= 0.6 is 0 Å². The number of oxazole rings is 1. The minimum atomic E-state index is -0.375. The van der Waals surface area contributed by atoms with Crippen molar-refractivity contribution in [1.82, 2.24) is 15.3 Å². The maximum absolute atomic E-state index is 12.2. The van der Waals surface area contributed by atoms with Gasteiger partial charge in [-0.2, -0.15) is 0 Å². The van der Waals surface area contributed by atoms with Gasteiger partial charge in [0.05, 0.1) is 6.20 Å². The van der Waals surface area contributed by atoms with E-state index in [0.29, 0.717) is 30.2 Å². The van der Waals surface area contributed by atoms with Crippen LogP contribution in [0.1, 0.15) is 29.5 Å². The van der Waals surface area contributed by atoms with Crippen LogP contribution in [0, 0.1) is 0 Å². The standard InChI is InChI=1S/C20H21N5O3/c1-3-18(26)25(2)15-7-5-14(6-8-15)20-24-12-16(28-20)19(27)23-11-13-4-9-17(21)22-10-13/h4-10,12H,3,11H2,1-2H3,(H2,21,22)(H,23,27). The topological polar surface area (TPSA) is 114 Å². The van der Waals surface area contributed by atoms with Crippen LogP contribution in [-0.4, -0.2) is 28.8 Å². The molecule has 0 saturated carbocycles. The largest absolute Gasteiger partial charge is 0.431 e. The predicted octanol–water partition coefficient (Wildman–Crippen LogP) is 2.62. The number of pyridine rings is 1. The fraction of sp³-hybridized carbons (Fsp3) is 0.200. The van der Waals surface area contributed by atoms with Crippen LogP contribution < -0.4 is 16.0 Å². The quantitative estimate of drug-likeness (QED) is 0.680. The molecule has 2 heterocycles. The lowest BCUT2D eigenvalue weighted by atomic mass is 10.2. The normalized spacial score (nSPS) is 10.5. The number of rotatable bonds is 6. The van der Waals surface area contributed by atoms with E-state index in [1.807, 2.05) is 6.92 Å². The zero-order valence-electron chi connectivity index (χ0n) is 15.7. The Hall–Kier alpha value is -3.68. The number of aromatic nitrogens is 2. The molecule has 8 heteroatoms. The number of carbonyl (C=O) groups is 2. The lowest BCUT2D eigenvalue weighted by Gasteiger charge is -2.16. The highest BCUT2D eigenvalue weighted by atomic mass is 16.4. The van der Waals surface area contributed by atoms with Crippen molar-refractivity contribution >= 4 is 23.3 Å². The summed E-state index contributed by atoms with van der Waals surface area (Å²) < 4.78 is 5.57. The van der Waals surface area contributed by atoms with E-state index >= 15 is 0 Å². The van der Waals surface area contributed by atoms with Gasteiger partial charge in [-0.1, -0.05) is 13.0 Å². The van der Waals surface area contributed by atoms with E-state index in [1.165, 1.54) is 6.20 Å². The Labute approximate surface area is 162 Å². The fourth-order valence-electron chi connectivity index (χ4n) is 2.53. The van der Waals surface area contributed by atoms with E-state index in [1.54, 1.807) is 54.5 Å². The number of nitrogens with zero attached hydrogens (tertiary/aromatic N) is 3. The predicted molar refractivity (Wildman–Crippen MR) is 105 cm³/mol. The van der Waals surface area contributed by atoms with E-state index in [9.17, 15) is 9.59 Å². The molecule has 1 aromatic carbocycles. The van der Waals surface area contributed by atoms with Gasteiger partial charge in [0.25, 0.3) is 5.91 Å². The van der Waals surface area contributed by atoms with Crippen LogP contribution in [-0.2, 0) is 11.3 Å². The first kappa shape index (κ1) is 19.1. The van der Waals surface area contributed by atoms with Crippen LogP contribution in [0.2, 0.25) is 0 Å². The maximum atomic E-state index is 12.2. The summed E-state index contributed by atoms with van der Waals surface area (Å²) in [6.07, 6.45) is 3.42. The van der Waals surface area contributed by atoms with E-state index in [-0.39, 0.29) is 17.6 Å². The molecule has 144 valence electrons. The second kappa shape index (κ2) is 8.34. The van der Waals surface area contributed by atoms with Gasteiger partial charge in [0, 0.05) is 37.5 Å². The van der Waals surface area contributed by atoms with Crippen molar-refractivity contribution in [3.8, 4) is 11.5 Å². The molecule has 8 nitrogen and oxygen atoms in total. The van der Waals surface area contributed by atoms with Crippen LogP contribution in [0.25, 0.3) is 11.5 Å². The number of nitrogens with two attached hydrogens (primary N) is 1. The first-order chi connectivity index (χ1) is 13.5. The van der Waals surface area contributed by atoms with Gasteiger partial charge >= 0.3 is 0 Å². The average molecular weight is 379 g/mol. The lowest BCUT2D eigenvalue weighted by Crippen LogP contribution is -2.24. The SMILES string of the molecule is CCC(=O)N(C)c1ccc(-c2ncc(C(=O)NCc3ccc(N)nc3)o2)cc1. The summed E-state index contributed by atoms with van der Waals surface area (Å²) in [5, 5.41) is 2.74. The molecule has 28 heavy (non-hydrogen) atoms. The number of anilines is 2. The molecule has 0 spiro atoms. The van der Waals surface area contributed by atoms with Crippen molar-refractivity contribution in [2.75, 3.05) is 17.7 Å². The molecular formula is C20H21N5O3. The van der Waals surface area contributed by atoms with Crippen molar-refractivity contribution in [2.45, 2.75) is 19.9 Å². The van der Waals surface area contributed by atoms with Gasteiger partial charge in [0.1, 0.15) is 5.82 Å². The Kier molecular flexibility index (Phi) is 5.69. The summed E-state index contributed by atoms with van der Waals surface area (Å²) >= 11 is 0. The van der Waals surface area contributed by atoms with Gasteiger partial charge in [-0.3, -0.25) is 9.59 Å². The van der Waals surface area contributed by atoms with E-state index in [4.69, 9.17) is 10.2 Å². The number of benzene rings is 1. The first-order valence-electron chi connectivity index (χ1n) is 8.79. The third-order valence-electron chi connectivity index (χ3n) is 4.21. The van der Waals surface area contributed by atoms with Crippen LogP contribution in [0.4, 0.5) is 11.5 Å². The van der Waals surface area contributed by atoms with Gasteiger partial charge < -0.3 is 20.4 Å².